The van der Waals surface area contributed by atoms with Gasteiger partial charge in [0.05, 0.1) is 0 Å². The largest absolute Gasteiger partial charge is 0.570 e. The van der Waals surface area contributed by atoms with Crippen LogP contribution in [0.1, 0.15) is 5.69 Å². The number of hydrogen-bond donors (Lipinski definition) is 1. The van der Waals surface area contributed by atoms with Gasteiger partial charge in [0.25, 0.3) is 0 Å². The van der Waals surface area contributed by atoms with E-state index >= 15 is 0 Å². The Kier molecular flexibility index (Phi) is 2.51. The van der Waals surface area contributed by atoms with Crippen LogP contribution in [0.15, 0.2) is 6.07 Å². The van der Waals surface area contributed by atoms with E-state index in [-0.39, 0.29) is 13.6 Å². The Morgan fingerprint density at radius 2 is 2.23 bits per heavy atom. The summed E-state index contributed by atoms with van der Waals surface area (Å²) in [5, 5.41) is 11.3. The van der Waals surface area contributed by atoms with E-state index in [0.717, 1.165) is 4.68 Å². The maximum absolute atomic E-state index is 12.0. The van der Waals surface area contributed by atoms with Gasteiger partial charge in [0, 0.05) is 13.1 Å². The third-order valence-electron chi connectivity index (χ3n) is 1.30. The quantitative estimate of drug-likeness (QED) is 0.689. The first-order chi connectivity index (χ1) is 5.95. The number of nitrogens with zero attached hydrogens (tertiary/aromatic N) is 2. The van der Waals surface area contributed by atoms with Gasteiger partial charge in [-0.2, -0.15) is 18.3 Å². The summed E-state index contributed by atoms with van der Waals surface area (Å²) >= 11 is 0. The molecule has 0 aromatic carbocycles. The van der Waals surface area contributed by atoms with E-state index in [1.165, 1.54) is 7.05 Å². The molecule has 1 aromatic heterocycles. The van der Waals surface area contributed by atoms with Crippen molar-refractivity contribution in [2.75, 3.05) is 0 Å². The van der Waals surface area contributed by atoms with Gasteiger partial charge in [-0.25, -0.2) is 4.68 Å². The number of aryl methyl sites for hydroxylation is 1. The Morgan fingerprint density at radius 1 is 1.62 bits per heavy atom. The minimum absolute atomic E-state index is 0.185. The molecule has 0 bridgehead atoms. The van der Waals surface area contributed by atoms with Crippen molar-refractivity contribution >= 4 is 7.69 Å². The first kappa shape index (κ1) is 9.91. The number of rotatable bonds is 2. The SMILES string of the molecule is Cn1nc(C(F)(F)F)cc1O[B]O. The lowest BCUT2D eigenvalue weighted by atomic mass is 10.4. The van der Waals surface area contributed by atoms with Crippen molar-refractivity contribution in [2.24, 2.45) is 7.05 Å². The van der Waals surface area contributed by atoms with Crippen LogP contribution >= 0.6 is 0 Å². The van der Waals surface area contributed by atoms with Crippen LogP contribution in [0.3, 0.4) is 0 Å². The lowest BCUT2D eigenvalue weighted by Crippen LogP contribution is -2.06. The molecule has 0 fully saturated rings. The Labute approximate surface area is 72.2 Å². The molecule has 8 heteroatoms. The third kappa shape index (κ3) is 2.14. The second-order valence-corrected chi connectivity index (χ2v) is 2.21. The van der Waals surface area contributed by atoms with E-state index in [2.05, 4.69) is 9.75 Å². The highest BCUT2D eigenvalue weighted by atomic mass is 19.4. The molecule has 1 N–H and O–H groups in total. The fourth-order valence-corrected chi connectivity index (χ4v) is 0.753. The predicted octanol–water partition coefficient (Wildman–Crippen LogP) is 0.344. The lowest BCUT2D eigenvalue weighted by Gasteiger charge is -1.98. The molecule has 0 atom stereocenters. The second kappa shape index (κ2) is 3.29. The van der Waals surface area contributed by atoms with Crippen LogP contribution in [0.2, 0.25) is 0 Å². The number of hydrogen-bond acceptors (Lipinski definition) is 3. The molecule has 13 heavy (non-hydrogen) atoms. The highest BCUT2D eigenvalue weighted by Gasteiger charge is 2.34. The number of alkyl halides is 3. The highest BCUT2D eigenvalue weighted by molar-refractivity contribution is 6.17. The van der Waals surface area contributed by atoms with Crippen molar-refractivity contribution in [1.29, 1.82) is 0 Å². The van der Waals surface area contributed by atoms with Gasteiger partial charge >= 0.3 is 13.9 Å². The van der Waals surface area contributed by atoms with E-state index < -0.39 is 11.9 Å². The van der Waals surface area contributed by atoms with E-state index in [9.17, 15) is 13.2 Å². The molecule has 0 saturated heterocycles. The van der Waals surface area contributed by atoms with Gasteiger partial charge in [0.15, 0.2) is 11.6 Å². The zero-order valence-electron chi connectivity index (χ0n) is 6.54. The second-order valence-electron chi connectivity index (χ2n) is 2.21. The first-order valence-corrected chi connectivity index (χ1v) is 3.19. The van der Waals surface area contributed by atoms with Gasteiger partial charge in [-0.15, -0.1) is 0 Å². The van der Waals surface area contributed by atoms with Crippen LogP contribution in [0.5, 0.6) is 5.88 Å². The van der Waals surface area contributed by atoms with Crippen LogP contribution in [0.25, 0.3) is 0 Å². The molecule has 0 unspecified atom stereocenters. The summed E-state index contributed by atoms with van der Waals surface area (Å²) in [5.41, 5.74) is -1.06. The summed E-state index contributed by atoms with van der Waals surface area (Å²) in [5.74, 6) is -0.185. The van der Waals surface area contributed by atoms with Crippen LogP contribution in [-0.2, 0) is 13.2 Å². The minimum atomic E-state index is -4.51. The number of halogens is 3. The molecule has 1 aromatic rings. The summed E-state index contributed by atoms with van der Waals surface area (Å²) in [6.07, 6.45) is -4.51. The smallest absolute Gasteiger partial charge is 0.524 e. The van der Waals surface area contributed by atoms with Crippen molar-refractivity contribution in [3.8, 4) is 5.88 Å². The number of aromatic nitrogens is 2. The summed E-state index contributed by atoms with van der Waals surface area (Å²) < 4.78 is 41.3. The van der Waals surface area contributed by atoms with E-state index in [0.29, 0.717) is 6.07 Å². The average molecular weight is 193 g/mol. The molecule has 0 aliphatic carbocycles. The minimum Gasteiger partial charge on any atom is -0.524 e. The van der Waals surface area contributed by atoms with E-state index in [1.807, 2.05) is 0 Å². The molecule has 0 saturated carbocycles. The maximum atomic E-state index is 12.0. The summed E-state index contributed by atoms with van der Waals surface area (Å²) in [6.45, 7) is 0. The standard InChI is InChI=1S/C5H5BF3N2O2/c1-11-4(13-6-12)2-3(10-11)5(7,8)9/h2,12H,1H3. The monoisotopic (exact) mass is 193 g/mol. The van der Waals surface area contributed by atoms with Crippen molar-refractivity contribution in [3.63, 3.8) is 0 Å². The van der Waals surface area contributed by atoms with Gasteiger partial charge in [0.2, 0.25) is 0 Å². The fourth-order valence-electron chi connectivity index (χ4n) is 0.753. The van der Waals surface area contributed by atoms with Crippen LogP contribution < -0.4 is 4.65 Å². The van der Waals surface area contributed by atoms with Gasteiger partial charge in [-0.1, -0.05) is 0 Å². The maximum Gasteiger partial charge on any atom is 0.570 e. The zero-order chi connectivity index (χ0) is 10.1. The molecule has 0 aliphatic rings. The molecule has 1 radical (unpaired) electrons. The van der Waals surface area contributed by atoms with Crippen molar-refractivity contribution < 1.29 is 22.8 Å². The predicted molar refractivity (Wildman–Crippen MR) is 36.8 cm³/mol. The molecular formula is C5H5BF3N2O2. The first-order valence-electron chi connectivity index (χ1n) is 3.19. The van der Waals surface area contributed by atoms with Gasteiger partial charge < -0.3 is 9.68 Å². The van der Waals surface area contributed by atoms with Crippen LogP contribution in [0, 0.1) is 0 Å². The van der Waals surface area contributed by atoms with Gasteiger partial charge in [-0.3, -0.25) is 0 Å². The van der Waals surface area contributed by atoms with Gasteiger partial charge in [-0.05, 0) is 0 Å². The molecule has 0 amide bonds. The highest BCUT2D eigenvalue weighted by Crippen LogP contribution is 2.30. The zero-order valence-corrected chi connectivity index (χ0v) is 6.54. The Morgan fingerprint density at radius 3 is 2.62 bits per heavy atom. The van der Waals surface area contributed by atoms with Gasteiger partial charge in [0.1, 0.15) is 0 Å². The van der Waals surface area contributed by atoms with E-state index in [4.69, 9.17) is 5.02 Å². The van der Waals surface area contributed by atoms with Crippen molar-refractivity contribution in [3.05, 3.63) is 11.8 Å². The average Bonchev–Trinajstić information content (AvgIpc) is 2.32. The molecule has 0 aliphatic heterocycles. The van der Waals surface area contributed by atoms with Crippen molar-refractivity contribution in [2.45, 2.75) is 6.18 Å². The molecular weight excluding hydrogens is 188 g/mol. The topological polar surface area (TPSA) is 47.3 Å². The third-order valence-corrected chi connectivity index (χ3v) is 1.30. The molecule has 71 valence electrons. The summed E-state index contributed by atoms with van der Waals surface area (Å²) in [6, 6.07) is 0.687. The molecule has 0 spiro atoms. The summed E-state index contributed by atoms with van der Waals surface area (Å²) in [4.78, 5) is 0. The van der Waals surface area contributed by atoms with Crippen molar-refractivity contribution in [1.82, 2.24) is 9.78 Å². The Balaban J connectivity index is 2.95. The molecule has 1 rings (SSSR count). The normalized spacial score (nSPS) is 11.5. The Hall–Kier alpha value is -1.18. The molecule has 1 heterocycles. The summed E-state index contributed by atoms with van der Waals surface area (Å²) in [7, 11) is 1.56. The van der Waals surface area contributed by atoms with Crippen LogP contribution in [0.4, 0.5) is 13.2 Å². The fraction of sp³-hybridized carbons (Fsp3) is 0.400. The Bertz CT molecular complexity index is 298. The molecule has 4 nitrogen and oxygen atoms in total. The van der Waals surface area contributed by atoms with Crippen LogP contribution in [-0.4, -0.2) is 22.5 Å². The van der Waals surface area contributed by atoms with E-state index in [1.54, 1.807) is 0 Å². The lowest BCUT2D eigenvalue weighted by molar-refractivity contribution is -0.141.